The molecule has 2 saturated heterocycles. The molecule has 8 heteroatoms. The van der Waals surface area contributed by atoms with Crippen LogP contribution < -0.4 is 0 Å². The molecule has 0 aliphatic carbocycles. The van der Waals surface area contributed by atoms with Gasteiger partial charge in [-0.3, -0.25) is 14.8 Å². The average molecular weight is 340 g/mol. The minimum Gasteiger partial charge on any atom is -0.341 e. The Hall–Kier alpha value is -1.41. The quantitative estimate of drug-likeness (QED) is 0.848. The van der Waals surface area contributed by atoms with Gasteiger partial charge in [-0.05, 0) is 38.4 Å². The number of hydrogen-bond donors (Lipinski definition) is 1. The van der Waals surface area contributed by atoms with Crippen LogP contribution in [-0.2, 0) is 14.6 Å². The van der Waals surface area contributed by atoms with Gasteiger partial charge in [0, 0.05) is 30.9 Å². The lowest BCUT2D eigenvalue weighted by Gasteiger charge is -2.33. The smallest absolute Gasteiger partial charge is 0.236 e. The molecule has 0 bridgehead atoms. The standard InChI is InChI=1S/C15H24N4O3S/c1-18(13-5-9-23(21,22)11-13)15(20)10-19-7-3-12(4-8-19)14-2-6-16-17-14/h2,6,12-13H,3-5,7-11H2,1H3,(H,16,17)/t13-/m1/s1. The molecule has 2 fully saturated rings. The molecule has 1 atom stereocenters. The summed E-state index contributed by atoms with van der Waals surface area (Å²) in [4.78, 5) is 16.2. The Morgan fingerprint density at radius 1 is 1.39 bits per heavy atom. The Morgan fingerprint density at radius 3 is 2.70 bits per heavy atom. The molecule has 3 rings (SSSR count). The zero-order chi connectivity index (χ0) is 16.4. The molecule has 1 amide bonds. The highest BCUT2D eigenvalue weighted by atomic mass is 32.2. The first-order valence-corrected chi connectivity index (χ1v) is 9.94. The molecule has 2 aliphatic rings. The molecule has 0 radical (unpaired) electrons. The highest BCUT2D eigenvalue weighted by Crippen LogP contribution is 2.26. The monoisotopic (exact) mass is 340 g/mol. The summed E-state index contributed by atoms with van der Waals surface area (Å²) in [5, 5.41) is 7.02. The summed E-state index contributed by atoms with van der Waals surface area (Å²) in [6.07, 6.45) is 4.36. The number of piperidine rings is 1. The summed E-state index contributed by atoms with van der Waals surface area (Å²) in [5.74, 6) is 0.816. The molecule has 1 aromatic rings. The number of hydrogen-bond acceptors (Lipinski definition) is 5. The minimum atomic E-state index is -2.96. The fourth-order valence-corrected chi connectivity index (χ4v) is 5.26. The number of rotatable bonds is 4. The Balaban J connectivity index is 1.47. The number of H-pyrrole nitrogens is 1. The maximum absolute atomic E-state index is 12.4. The predicted octanol–water partition coefficient (Wildman–Crippen LogP) is 0.235. The lowest BCUT2D eigenvalue weighted by Crippen LogP contribution is -2.45. The second-order valence-corrected chi connectivity index (χ2v) is 8.85. The van der Waals surface area contributed by atoms with Crippen molar-refractivity contribution in [3.05, 3.63) is 18.0 Å². The zero-order valence-corrected chi connectivity index (χ0v) is 14.3. The van der Waals surface area contributed by atoms with E-state index in [0.29, 0.717) is 18.9 Å². The highest BCUT2D eigenvalue weighted by molar-refractivity contribution is 7.91. The van der Waals surface area contributed by atoms with Gasteiger partial charge in [-0.1, -0.05) is 0 Å². The summed E-state index contributed by atoms with van der Waals surface area (Å²) < 4.78 is 23.1. The molecule has 1 N–H and O–H groups in total. The molecule has 7 nitrogen and oxygen atoms in total. The van der Waals surface area contributed by atoms with Gasteiger partial charge in [0.1, 0.15) is 0 Å². The summed E-state index contributed by atoms with van der Waals surface area (Å²) in [6.45, 7) is 2.14. The normalized spacial score (nSPS) is 25.5. The number of carbonyl (C=O) groups is 1. The predicted molar refractivity (Wildman–Crippen MR) is 86.8 cm³/mol. The van der Waals surface area contributed by atoms with Crippen LogP contribution in [0.15, 0.2) is 12.3 Å². The number of amides is 1. The van der Waals surface area contributed by atoms with Crippen molar-refractivity contribution in [3.63, 3.8) is 0 Å². The topological polar surface area (TPSA) is 86.4 Å². The van der Waals surface area contributed by atoms with Crippen molar-refractivity contribution >= 4 is 15.7 Å². The van der Waals surface area contributed by atoms with E-state index in [0.717, 1.165) is 25.9 Å². The fraction of sp³-hybridized carbons (Fsp3) is 0.733. The maximum atomic E-state index is 12.4. The lowest BCUT2D eigenvalue weighted by atomic mass is 9.94. The van der Waals surface area contributed by atoms with Crippen LogP contribution in [0.4, 0.5) is 0 Å². The van der Waals surface area contributed by atoms with Crippen molar-refractivity contribution in [2.75, 3.05) is 38.2 Å². The van der Waals surface area contributed by atoms with Crippen LogP contribution in [0.1, 0.15) is 30.9 Å². The molecule has 0 saturated carbocycles. The van der Waals surface area contributed by atoms with Gasteiger partial charge in [-0.2, -0.15) is 5.10 Å². The van der Waals surface area contributed by atoms with E-state index in [1.54, 1.807) is 18.1 Å². The van der Waals surface area contributed by atoms with Gasteiger partial charge in [0.15, 0.2) is 9.84 Å². The largest absolute Gasteiger partial charge is 0.341 e. The minimum absolute atomic E-state index is 0.0205. The van der Waals surface area contributed by atoms with Crippen molar-refractivity contribution in [3.8, 4) is 0 Å². The number of sulfone groups is 1. The van der Waals surface area contributed by atoms with Gasteiger partial charge in [-0.25, -0.2) is 8.42 Å². The first-order valence-electron chi connectivity index (χ1n) is 8.12. The molecule has 0 aromatic carbocycles. The molecule has 23 heavy (non-hydrogen) atoms. The fourth-order valence-electron chi connectivity index (χ4n) is 3.48. The van der Waals surface area contributed by atoms with Crippen molar-refractivity contribution < 1.29 is 13.2 Å². The van der Waals surface area contributed by atoms with Crippen LogP contribution in [0.2, 0.25) is 0 Å². The van der Waals surface area contributed by atoms with E-state index in [4.69, 9.17) is 0 Å². The van der Waals surface area contributed by atoms with E-state index in [1.807, 2.05) is 6.07 Å². The SMILES string of the molecule is CN(C(=O)CN1CCC(c2ccn[nH]2)CC1)[C@@H]1CCS(=O)(=O)C1. The van der Waals surface area contributed by atoms with Crippen molar-refractivity contribution in [1.82, 2.24) is 20.0 Å². The van der Waals surface area contributed by atoms with E-state index in [-0.39, 0.29) is 23.5 Å². The first kappa shape index (κ1) is 16.4. The molecule has 128 valence electrons. The number of likely N-dealkylation sites (N-methyl/N-ethyl adjacent to an activating group) is 1. The number of nitrogens with zero attached hydrogens (tertiary/aromatic N) is 3. The van der Waals surface area contributed by atoms with Gasteiger partial charge in [0.2, 0.25) is 5.91 Å². The Bertz CT molecular complexity index is 636. The van der Waals surface area contributed by atoms with Gasteiger partial charge in [0.25, 0.3) is 0 Å². The van der Waals surface area contributed by atoms with Gasteiger partial charge < -0.3 is 4.90 Å². The number of aromatic nitrogens is 2. The van der Waals surface area contributed by atoms with Crippen molar-refractivity contribution in [1.29, 1.82) is 0 Å². The van der Waals surface area contributed by atoms with Gasteiger partial charge >= 0.3 is 0 Å². The van der Waals surface area contributed by atoms with Crippen LogP contribution in [0.5, 0.6) is 0 Å². The van der Waals surface area contributed by atoms with Crippen LogP contribution >= 0.6 is 0 Å². The Kier molecular flexibility index (Phi) is 4.72. The molecular weight excluding hydrogens is 316 g/mol. The van der Waals surface area contributed by atoms with Crippen LogP contribution in [0, 0.1) is 0 Å². The zero-order valence-electron chi connectivity index (χ0n) is 13.4. The molecule has 0 spiro atoms. The van der Waals surface area contributed by atoms with E-state index >= 15 is 0 Å². The second-order valence-electron chi connectivity index (χ2n) is 6.62. The van der Waals surface area contributed by atoms with Crippen LogP contribution in [0.25, 0.3) is 0 Å². The number of carbonyl (C=O) groups excluding carboxylic acids is 1. The molecular formula is C15H24N4O3S. The maximum Gasteiger partial charge on any atom is 0.236 e. The van der Waals surface area contributed by atoms with E-state index in [9.17, 15) is 13.2 Å². The van der Waals surface area contributed by atoms with Crippen LogP contribution in [-0.4, -0.2) is 78.6 Å². The second kappa shape index (κ2) is 6.60. The van der Waals surface area contributed by atoms with Crippen molar-refractivity contribution in [2.45, 2.75) is 31.2 Å². The summed E-state index contributed by atoms with van der Waals surface area (Å²) in [6, 6.07) is 1.86. The van der Waals surface area contributed by atoms with E-state index in [2.05, 4.69) is 15.1 Å². The molecule has 3 heterocycles. The summed E-state index contributed by atoms with van der Waals surface area (Å²) >= 11 is 0. The number of likely N-dealkylation sites (tertiary alicyclic amines) is 1. The molecule has 2 aliphatic heterocycles. The Labute approximate surface area is 137 Å². The highest BCUT2D eigenvalue weighted by Gasteiger charge is 2.33. The van der Waals surface area contributed by atoms with E-state index < -0.39 is 9.84 Å². The third-order valence-electron chi connectivity index (χ3n) is 5.06. The van der Waals surface area contributed by atoms with Gasteiger partial charge in [0.05, 0.1) is 18.1 Å². The van der Waals surface area contributed by atoms with Crippen LogP contribution in [0.3, 0.4) is 0 Å². The summed E-state index contributed by atoms with van der Waals surface area (Å²) in [5.41, 5.74) is 1.17. The van der Waals surface area contributed by atoms with E-state index in [1.165, 1.54) is 5.69 Å². The third kappa shape index (κ3) is 3.92. The number of aromatic amines is 1. The first-order chi connectivity index (χ1) is 10.9. The lowest BCUT2D eigenvalue weighted by molar-refractivity contribution is -0.133. The molecule has 1 aromatic heterocycles. The molecule has 0 unspecified atom stereocenters. The summed E-state index contributed by atoms with van der Waals surface area (Å²) in [7, 11) is -1.23. The van der Waals surface area contributed by atoms with Gasteiger partial charge in [-0.15, -0.1) is 0 Å². The third-order valence-corrected chi connectivity index (χ3v) is 6.81. The number of nitrogens with one attached hydrogen (secondary N) is 1. The average Bonchev–Trinajstić information content (AvgIpc) is 3.16. The van der Waals surface area contributed by atoms with Crippen molar-refractivity contribution in [2.24, 2.45) is 0 Å². The Morgan fingerprint density at radius 2 is 2.13 bits per heavy atom.